The first-order chi connectivity index (χ1) is 13.7. The van der Waals surface area contributed by atoms with Crippen molar-refractivity contribution in [1.29, 1.82) is 0 Å². The van der Waals surface area contributed by atoms with Crippen LogP contribution in [0.1, 0.15) is 0 Å². The van der Waals surface area contributed by atoms with Crippen molar-refractivity contribution >= 4 is 23.1 Å². The van der Waals surface area contributed by atoms with Crippen molar-refractivity contribution in [2.24, 2.45) is 0 Å². The van der Waals surface area contributed by atoms with E-state index in [1.54, 1.807) is 42.7 Å². The van der Waals surface area contributed by atoms with Crippen LogP contribution in [0.15, 0.2) is 47.8 Å². The van der Waals surface area contributed by atoms with E-state index < -0.39 is 0 Å². The molecule has 9 heteroatoms. The summed E-state index contributed by atoms with van der Waals surface area (Å²) in [6.45, 7) is 0.558. The highest BCUT2D eigenvalue weighted by Crippen LogP contribution is 2.28. The summed E-state index contributed by atoms with van der Waals surface area (Å²) < 4.78 is 15.9. The smallest absolute Gasteiger partial charge is 0.319 e. The van der Waals surface area contributed by atoms with E-state index in [4.69, 9.17) is 14.2 Å². The molecular formula is C19H20N4O4S. The lowest BCUT2D eigenvalue weighted by Gasteiger charge is -2.12. The number of carbonyl (C=O) groups excluding carboxylic acids is 1. The Hall–Kier alpha value is -3.33. The first-order valence-electron chi connectivity index (χ1n) is 8.47. The number of hydrogen-bond acceptors (Lipinski definition) is 7. The lowest BCUT2D eigenvalue weighted by Crippen LogP contribution is -2.32. The Morgan fingerprint density at radius 3 is 2.68 bits per heavy atom. The standard InChI is InChI=1S/C19H20N4O4S/c1-25-13-5-7-16(26-2)15(12-13)21-19(24)20-9-10-27-18-8-6-14(22-23-18)17-4-3-11-28-17/h3-8,11-12H,9-10H2,1-2H3,(H2,20,21,24). The van der Waals surface area contributed by atoms with Crippen molar-refractivity contribution in [3.8, 4) is 28.0 Å². The zero-order valence-electron chi connectivity index (χ0n) is 15.5. The molecule has 0 aliphatic heterocycles. The van der Waals surface area contributed by atoms with Gasteiger partial charge >= 0.3 is 6.03 Å². The van der Waals surface area contributed by atoms with Gasteiger partial charge in [0, 0.05) is 12.1 Å². The van der Waals surface area contributed by atoms with E-state index >= 15 is 0 Å². The molecule has 0 saturated heterocycles. The lowest BCUT2D eigenvalue weighted by atomic mass is 10.2. The van der Waals surface area contributed by atoms with Gasteiger partial charge in [-0.2, -0.15) is 0 Å². The zero-order valence-corrected chi connectivity index (χ0v) is 16.3. The number of nitrogens with one attached hydrogen (secondary N) is 2. The van der Waals surface area contributed by atoms with Crippen LogP contribution in [0.25, 0.3) is 10.6 Å². The Kier molecular flexibility index (Phi) is 6.64. The molecule has 3 aromatic rings. The fourth-order valence-electron chi connectivity index (χ4n) is 2.35. The second-order valence-electron chi connectivity index (χ2n) is 5.53. The lowest BCUT2D eigenvalue weighted by molar-refractivity contribution is 0.246. The third-order valence-corrected chi connectivity index (χ3v) is 4.60. The number of hydrogen-bond donors (Lipinski definition) is 2. The number of amides is 2. The number of benzene rings is 1. The number of nitrogens with zero attached hydrogens (tertiary/aromatic N) is 2. The summed E-state index contributed by atoms with van der Waals surface area (Å²) >= 11 is 1.60. The first kappa shape index (κ1) is 19.4. The van der Waals surface area contributed by atoms with Crippen LogP contribution in [-0.2, 0) is 0 Å². The van der Waals surface area contributed by atoms with E-state index in [1.807, 2.05) is 23.6 Å². The van der Waals surface area contributed by atoms with Crippen LogP contribution in [-0.4, -0.2) is 43.6 Å². The normalized spacial score (nSPS) is 10.2. The third-order valence-electron chi connectivity index (χ3n) is 3.71. The summed E-state index contributed by atoms with van der Waals surface area (Å²) in [5, 5.41) is 15.6. The van der Waals surface area contributed by atoms with Crippen molar-refractivity contribution in [3.05, 3.63) is 47.8 Å². The minimum atomic E-state index is -0.380. The highest BCUT2D eigenvalue weighted by atomic mass is 32.1. The van der Waals surface area contributed by atoms with Gasteiger partial charge in [0.2, 0.25) is 5.88 Å². The van der Waals surface area contributed by atoms with E-state index in [0.29, 0.717) is 29.6 Å². The number of methoxy groups -OCH3 is 2. The van der Waals surface area contributed by atoms with Crippen molar-refractivity contribution in [3.63, 3.8) is 0 Å². The Labute approximate surface area is 166 Å². The van der Waals surface area contributed by atoms with E-state index in [9.17, 15) is 4.79 Å². The van der Waals surface area contributed by atoms with Gasteiger partial charge in [-0.15, -0.1) is 21.5 Å². The topological polar surface area (TPSA) is 94.6 Å². The molecule has 0 unspecified atom stereocenters. The van der Waals surface area contributed by atoms with Gasteiger partial charge in [0.25, 0.3) is 0 Å². The number of rotatable bonds is 8. The van der Waals surface area contributed by atoms with Crippen molar-refractivity contribution in [2.45, 2.75) is 0 Å². The van der Waals surface area contributed by atoms with E-state index in [0.717, 1.165) is 10.6 Å². The van der Waals surface area contributed by atoms with Crippen LogP contribution in [0.2, 0.25) is 0 Å². The molecule has 0 saturated carbocycles. The molecule has 0 atom stereocenters. The molecule has 0 aliphatic carbocycles. The van der Waals surface area contributed by atoms with Gasteiger partial charge in [-0.1, -0.05) is 6.07 Å². The van der Waals surface area contributed by atoms with Gasteiger partial charge in [-0.05, 0) is 29.6 Å². The maximum Gasteiger partial charge on any atom is 0.319 e. The highest BCUT2D eigenvalue weighted by Gasteiger charge is 2.09. The fraction of sp³-hybridized carbons (Fsp3) is 0.211. The Bertz CT molecular complexity index is 901. The van der Waals surface area contributed by atoms with Gasteiger partial charge < -0.3 is 24.8 Å². The van der Waals surface area contributed by atoms with Crippen molar-refractivity contribution in [1.82, 2.24) is 15.5 Å². The molecule has 1 aromatic carbocycles. The Morgan fingerprint density at radius 2 is 2.00 bits per heavy atom. The van der Waals surface area contributed by atoms with Crippen LogP contribution in [0, 0.1) is 0 Å². The summed E-state index contributed by atoms with van der Waals surface area (Å²) in [4.78, 5) is 13.1. The average molecular weight is 400 g/mol. The zero-order chi connectivity index (χ0) is 19.8. The second-order valence-corrected chi connectivity index (χ2v) is 6.48. The van der Waals surface area contributed by atoms with Gasteiger partial charge in [0.05, 0.1) is 31.3 Å². The molecule has 2 N–H and O–H groups in total. The van der Waals surface area contributed by atoms with E-state index in [2.05, 4.69) is 20.8 Å². The maximum absolute atomic E-state index is 12.1. The third kappa shape index (κ3) is 5.10. The quantitative estimate of drug-likeness (QED) is 0.563. The monoisotopic (exact) mass is 400 g/mol. The maximum atomic E-state index is 12.1. The van der Waals surface area contributed by atoms with Gasteiger partial charge in [0.1, 0.15) is 23.8 Å². The SMILES string of the molecule is COc1ccc(OC)c(NC(=O)NCCOc2ccc(-c3cccs3)nn2)c1. The molecule has 3 rings (SSSR count). The molecule has 28 heavy (non-hydrogen) atoms. The largest absolute Gasteiger partial charge is 0.497 e. The molecule has 8 nitrogen and oxygen atoms in total. The van der Waals surface area contributed by atoms with Gasteiger partial charge in [0.15, 0.2) is 0 Å². The van der Waals surface area contributed by atoms with Crippen molar-refractivity contribution < 1.29 is 19.0 Å². The van der Waals surface area contributed by atoms with Crippen LogP contribution in [0.4, 0.5) is 10.5 Å². The molecule has 2 amide bonds. The molecule has 0 spiro atoms. The number of urea groups is 1. The molecule has 0 radical (unpaired) electrons. The number of anilines is 1. The highest BCUT2D eigenvalue weighted by molar-refractivity contribution is 7.13. The Balaban J connectivity index is 1.44. The van der Waals surface area contributed by atoms with Crippen LogP contribution >= 0.6 is 11.3 Å². The average Bonchev–Trinajstić information content (AvgIpc) is 3.26. The molecule has 146 valence electrons. The molecule has 0 fully saturated rings. The first-order valence-corrected chi connectivity index (χ1v) is 9.35. The predicted molar refractivity (Wildman–Crippen MR) is 107 cm³/mol. The number of thiophene rings is 1. The summed E-state index contributed by atoms with van der Waals surface area (Å²) in [6.07, 6.45) is 0. The summed E-state index contributed by atoms with van der Waals surface area (Å²) in [5.74, 6) is 1.55. The molecule has 0 aliphatic rings. The summed E-state index contributed by atoms with van der Waals surface area (Å²) in [5.41, 5.74) is 1.31. The van der Waals surface area contributed by atoms with Gasteiger partial charge in [-0.25, -0.2) is 4.79 Å². The predicted octanol–water partition coefficient (Wildman–Crippen LogP) is 3.42. The van der Waals surface area contributed by atoms with Crippen molar-refractivity contribution in [2.75, 3.05) is 32.7 Å². The minimum Gasteiger partial charge on any atom is -0.497 e. The van der Waals surface area contributed by atoms with Crippen LogP contribution in [0.3, 0.4) is 0 Å². The molecule has 2 aromatic heterocycles. The number of aromatic nitrogens is 2. The van der Waals surface area contributed by atoms with E-state index in [-0.39, 0.29) is 12.6 Å². The van der Waals surface area contributed by atoms with Gasteiger partial charge in [-0.3, -0.25) is 0 Å². The second kappa shape index (κ2) is 9.56. The molecular weight excluding hydrogens is 380 g/mol. The summed E-state index contributed by atoms with van der Waals surface area (Å²) in [7, 11) is 3.09. The molecule has 2 heterocycles. The Morgan fingerprint density at radius 1 is 1.11 bits per heavy atom. The summed E-state index contributed by atoms with van der Waals surface area (Å²) in [6, 6.07) is 12.3. The number of carbonyl (C=O) groups is 1. The van der Waals surface area contributed by atoms with Crippen LogP contribution in [0.5, 0.6) is 17.4 Å². The fourth-order valence-corrected chi connectivity index (χ4v) is 3.04. The minimum absolute atomic E-state index is 0.260. The van der Waals surface area contributed by atoms with Crippen LogP contribution < -0.4 is 24.8 Å². The van der Waals surface area contributed by atoms with E-state index in [1.165, 1.54) is 7.11 Å². The molecule has 0 bridgehead atoms. The number of ether oxygens (including phenoxy) is 3.